The predicted molar refractivity (Wildman–Crippen MR) is 87.7 cm³/mol. The van der Waals surface area contributed by atoms with Gasteiger partial charge >= 0.3 is 0 Å². The summed E-state index contributed by atoms with van der Waals surface area (Å²) in [5.41, 5.74) is 3.36. The Bertz CT molecular complexity index is 365. The van der Waals surface area contributed by atoms with Crippen molar-refractivity contribution in [3.8, 4) is 5.75 Å². The molecule has 0 atom stereocenters. The first kappa shape index (κ1) is 17.0. The highest BCUT2D eigenvalue weighted by atomic mass is 16.3. The largest absolute Gasteiger partial charge is 0.507 e. The Hall–Kier alpha value is -1.02. The molecule has 0 amide bonds. The zero-order chi connectivity index (χ0) is 15.1. The van der Waals surface area contributed by atoms with Gasteiger partial charge in [-0.05, 0) is 55.8 Å². The van der Waals surface area contributed by atoms with Gasteiger partial charge in [0.05, 0.1) is 0 Å². The van der Waals surface area contributed by atoms with E-state index in [-0.39, 0.29) is 0 Å². The average Bonchev–Trinajstić information content (AvgIpc) is 2.43. The molecule has 0 spiro atoms. The van der Waals surface area contributed by atoms with E-state index in [4.69, 9.17) is 0 Å². The van der Waals surface area contributed by atoms with Gasteiger partial charge in [0, 0.05) is 0 Å². The minimum atomic E-state index is 0.382. The van der Waals surface area contributed by atoms with Gasteiger partial charge < -0.3 is 10.4 Å². The van der Waals surface area contributed by atoms with E-state index < -0.39 is 0 Å². The number of nitrogens with one attached hydrogen (secondary N) is 1. The molecule has 1 aliphatic heterocycles. The topological polar surface area (TPSA) is 32.3 Å². The van der Waals surface area contributed by atoms with E-state index in [1.807, 2.05) is 0 Å². The number of aryl methyl sites for hydroxylation is 1. The lowest BCUT2D eigenvalue weighted by Gasteiger charge is -2.16. The number of benzene rings is 1. The van der Waals surface area contributed by atoms with Crippen molar-refractivity contribution < 1.29 is 5.11 Å². The van der Waals surface area contributed by atoms with Crippen LogP contribution in [0.3, 0.4) is 0 Å². The molecule has 0 saturated carbocycles. The van der Waals surface area contributed by atoms with E-state index in [1.165, 1.54) is 37.9 Å². The minimum Gasteiger partial charge on any atom is -0.507 e. The molecule has 1 heterocycles. The number of hydrogen-bond acceptors (Lipinski definition) is 2. The highest BCUT2D eigenvalue weighted by Crippen LogP contribution is 2.34. The van der Waals surface area contributed by atoms with Gasteiger partial charge in [0.15, 0.2) is 0 Å². The van der Waals surface area contributed by atoms with E-state index >= 15 is 0 Å². The Morgan fingerprint density at radius 3 is 1.60 bits per heavy atom. The summed E-state index contributed by atoms with van der Waals surface area (Å²) in [6, 6.07) is 4.15. The summed E-state index contributed by atoms with van der Waals surface area (Å²) in [6.07, 6.45) is 4.22. The third-order valence-corrected chi connectivity index (χ3v) is 3.76. The summed E-state index contributed by atoms with van der Waals surface area (Å²) in [4.78, 5) is 0. The third-order valence-electron chi connectivity index (χ3n) is 3.76. The van der Waals surface area contributed by atoms with E-state index in [0.29, 0.717) is 17.6 Å². The van der Waals surface area contributed by atoms with Crippen molar-refractivity contribution in [1.82, 2.24) is 5.32 Å². The number of piperidine rings is 1. The molecule has 20 heavy (non-hydrogen) atoms. The molecule has 1 aromatic carbocycles. The van der Waals surface area contributed by atoms with Crippen LogP contribution in [0.15, 0.2) is 12.1 Å². The van der Waals surface area contributed by atoms with E-state index in [1.54, 1.807) is 0 Å². The Morgan fingerprint density at radius 2 is 1.35 bits per heavy atom. The normalized spacial score (nSPS) is 15.2. The Labute approximate surface area is 124 Å². The lowest BCUT2D eigenvalue weighted by molar-refractivity contribution is 0.454. The molecule has 0 unspecified atom stereocenters. The molecule has 2 rings (SSSR count). The van der Waals surface area contributed by atoms with Crippen LogP contribution in [0.1, 0.15) is 75.5 Å². The second-order valence-electron chi connectivity index (χ2n) is 6.41. The quantitative estimate of drug-likeness (QED) is 0.820. The molecule has 0 aliphatic carbocycles. The number of aromatic hydroxyl groups is 1. The van der Waals surface area contributed by atoms with Gasteiger partial charge in [-0.25, -0.2) is 0 Å². The zero-order valence-electron chi connectivity index (χ0n) is 13.8. The van der Waals surface area contributed by atoms with Crippen LogP contribution in [0.5, 0.6) is 5.75 Å². The fourth-order valence-electron chi connectivity index (χ4n) is 2.52. The maximum absolute atomic E-state index is 10.1. The van der Waals surface area contributed by atoms with Gasteiger partial charge in [-0.2, -0.15) is 0 Å². The molecule has 0 aromatic heterocycles. The standard InChI is InChI=1S/C13H20O.C5H11N/c1-8(2)11-6-10(5)7-12(9(3)4)13(11)14;1-2-4-6-5-3-1/h6-9,14H,1-5H3;6H,1-5H2. The third kappa shape index (κ3) is 5.16. The SMILES string of the molecule is C1CCNCC1.Cc1cc(C(C)C)c(O)c(C(C)C)c1. The van der Waals surface area contributed by atoms with Crippen LogP contribution >= 0.6 is 0 Å². The number of phenolic OH excluding ortho intramolecular Hbond substituents is 1. The number of hydrogen-bond donors (Lipinski definition) is 2. The van der Waals surface area contributed by atoms with E-state index in [9.17, 15) is 5.11 Å². The van der Waals surface area contributed by atoms with Crippen LogP contribution in [-0.2, 0) is 0 Å². The van der Waals surface area contributed by atoms with Gasteiger partial charge in [0.2, 0.25) is 0 Å². The molecular formula is C18H31NO. The molecule has 0 bridgehead atoms. The van der Waals surface area contributed by atoms with Gasteiger partial charge in [0.1, 0.15) is 5.75 Å². The van der Waals surface area contributed by atoms with Crippen LogP contribution < -0.4 is 5.32 Å². The summed E-state index contributed by atoms with van der Waals surface area (Å²) < 4.78 is 0. The molecule has 1 aromatic rings. The van der Waals surface area contributed by atoms with Gasteiger partial charge in [-0.1, -0.05) is 51.8 Å². The lowest BCUT2D eigenvalue weighted by Crippen LogP contribution is -2.21. The van der Waals surface area contributed by atoms with Crippen molar-refractivity contribution >= 4 is 0 Å². The highest BCUT2D eigenvalue weighted by Gasteiger charge is 2.13. The summed E-state index contributed by atoms with van der Waals surface area (Å²) in [7, 11) is 0. The molecular weight excluding hydrogens is 246 g/mol. The van der Waals surface area contributed by atoms with Crippen LogP contribution in [0, 0.1) is 6.92 Å². The Balaban J connectivity index is 0.000000276. The number of rotatable bonds is 2. The Kier molecular flexibility index (Phi) is 7.08. The lowest BCUT2D eigenvalue weighted by atomic mass is 9.92. The summed E-state index contributed by atoms with van der Waals surface area (Å²) in [5, 5.41) is 13.3. The molecule has 0 radical (unpaired) electrons. The molecule has 2 nitrogen and oxygen atoms in total. The first-order chi connectivity index (χ1) is 9.43. The first-order valence-corrected chi connectivity index (χ1v) is 7.97. The fourth-order valence-corrected chi connectivity index (χ4v) is 2.52. The molecule has 1 saturated heterocycles. The summed E-state index contributed by atoms with van der Waals surface area (Å²) >= 11 is 0. The summed E-state index contributed by atoms with van der Waals surface area (Å²) in [5.74, 6) is 1.25. The molecule has 2 heteroatoms. The zero-order valence-corrected chi connectivity index (χ0v) is 13.8. The second-order valence-corrected chi connectivity index (χ2v) is 6.41. The van der Waals surface area contributed by atoms with E-state index in [2.05, 4.69) is 52.1 Å². The molecule has 1 aliphatic rings. The van der Waals surface area contributed by atoms with Gasteiger partial charge in [-0.3, -0.25) is 0 Å². The average molecular weight is 277 g/mol. The maximum atomic E-state index is 10.1. The van der Waals surface area contributed by atoms with E-state index in [0.717, 1.165) is 11.1 Å². The second kappa shape index (κ2) is 8.31. The molecule has 1 fully saturated rings. The fraction of sp³-hybridized carbons (Fsp3) is 0.667. The maximum Gasteiger partial charge on any atom is 0.122 e. The van der Waals surface area contributed by atoms with Crippen LogP contribution in [-0.4, -0.2) is 18.2 Å². The summed E-state index contributed by atoms with van der Waals surface area (Å²) in [6.45, 7) is 13.0. The van der Waals surface area contributed by atoms with Crippen molar-refractivity contribution in [1.29, 1.82) is 0 Å². The molecule has 114 valence electrons. The van der Waals surface area contributed by atoms with Crippen molar-refractivity contribution in [2.45, 2.75) is 65.7 Å². The van der Waals surface area contributed by atoms with Gasteiger partial charge in [0.25, 0.3) is 0 Å². The van der Waals surface area contributed by atoms with Crippen molar-refractivity contribution in [3.63, 3.8) is 0 Å². The van der Waals surface area contributed by atoms with Crippen LogP contribution in [0.25, 0.3) is 0 Å². The predicted octanol–water partition coefficient (Wildman–Crippen LogP) is 4.71. The monoisotopic (exact) mass is 277 g/mol. The first-order valence-electron chi connectivity index (χ1n) is 7.97. The minimum absolute atomic E-state index is 0.382. The van der Waals surface area contributed by atoms with Crippen LogP contribution in [0.2, 0.25) is 0 Å². The van der Waals surface area contributed by atoms with Crippen molar-refractivity contribution in [2.24, 2.45) is 0 Å². The highest BCUT2D eigenvalue weighted by molar-refractivity contribution is 5.46. The number of phenols is 1. The van der Waals surface area contributed by atoms with Crippen molar-refractivity contribution in [3.05, 3.63) is 28.8 Å². The molecule has 2 N–H and O–H groups in total. The van der Waals surface area contributed by atoms with Crippen molar-refractivity contribution in [2.75, 3.05) is 13.1 Å². The van der Waals surface area contributed by atoms with Gasteiger partial charge in [-0.15, -0.1) is 0 Å². The Morgan fingerprint density at radius 1 is 0.900 bits per heavy atom. The smallest absolute Gasteiger partial charge is 0.122 e. The van der Waals surface area contributed by atoms with Crippen LogP contribution in [0.4, 0.5) is 0 Å².